The fraction of sp³-hybridized carbons (Fsp3) is 0.500. The Morgan fingerprint density at radius 2 is 2.00 bits per heavy atom. The molecule has 0 radical (unpaired) electrons. The van der Waals surface area contributed by atoms with Gasteiger partial charge in [0.05, 0.1) is 12.6 Å². The van der Waals surface area contributed by atoms with E-state index in [4.69, 9.17) is 4.74 Å². The molecule has 5 atom stereocenters. The maximum atomic E-state index is 13.3. The molecular weight excluding hydrogens is 332 g/mol. The van der Waals surface area contributed by atoms with Gasteiger partial charge in [-0.25, -0.2) is 8.78 Å². The molecular formula is C14H17F2NO5S. The van der Waals surface area contributed by atoms with Crippen LogP contribution in [0.5, 0.6) is 0 Å². The first-order valence-electron chi connectivity index (χ1n) is 6.84. The molecule has 6 nitrogen and oxygen atoms in total. The maximum Gasteiger partial charge on any atom is 0.217 e. The van der Waals surface area contributed by atoms with Crippen molar-refractivity contribution in [1.29, 1.82) is 0 Å². The number of benzene rings is 1. The summed E-state index contributed by atoms with van der Waals surface area (Å²) < 4.78 is 31.7. The van der Waals surface area contributed by atoms with Crippen molar-refractivity contribution >= 4 is 17.7 Å². The largest absolute Gasteiger partial charge is 0.394 e. The van der Waals surface area contributed by atoms with Gasteiger partial charge in [-0.1, -0.05) is 11.8 Å². The minimum Gasteiger partial charge on any atom is -0.394 e. The molecule has 1 aromatic carbocycles. The quantitative estimate of drug-likeness (QED) is 0.611. The van der Waals surface area contributed by atoms with Crippen molar-refractivity contribution in [2.75, 3.05) is 6.61 Å². The van der Waals surface area contributed by atoms with Gasteiger partial charge in [0.1, 0.15) is 23.7 Å². The molecule has 0 unspecified atom stereocenters. The summed E-state index contributed by atoms with van der Waals surface area (Å²) in [4.78, 5) is 11.6. The molecule has 1 amide bonds. The van der Waals surface area contributed by atoms with E-state index in [1.54, 1.807) is 0 Å². The van der Waals surface area contributed by atoms with Crippen LogP contribution in [0.3, 0.4) is 0 Å². The van der Waals surface area contributed by atoms with Crippen molar-refractivity contribution in [3.05, 3.63) is 29.8 Å². The fourth-order valence-electron chi connectivity index (χ4n) is 2.26. The number of hydrogen-bond donors (Lipinski definition) is 4. The summed E-state index contributed by atoms with van der Waals surface area (Å²) in [5.74, 6) is -2.50. The Balaban J connectivity index is 2.23. The standard InChI is InChI=1S/C14H17F2NO5S/c1-6(19)17-11-13(21)12(20)10(5-18)22-14(11)23-7-2-3-8(15)9(16)4-7/h2-4,10-14,18,20-21H,5H2,1H3,(H,17,19)/t10-,11-,12-,13-,14+/m1/s1. The summed E-state index contributed by atoms with van der Waals surface area (Å²) in [5.41, 5.74) is -0.903. The van der Waals surface area contributed by atoms with E-state index in [9.17, 15) is 28.9 Å². The first kappa shape index (κ1) is 18.1. The van der Waals surface area contributed by atoms with Crippen LogP contribution in [0.15, 0.2) is 23.1 Å². The first-order valence-corrected chi connectivity index (χ1v) is 7.72. The van der Waals surface area contributed by atoms with Gasteiger partial charge in [0.25, 0.3) is 0 Å². The smallest absolute Gasteiger partial charge is 0.217 e. The topological polar surface area (TPSA) is 99.0 Å². The molecule has 1 aromatic rings. The maximum absolute atomic E-state index is 13.3. The van der Waals surface area contributed by atoms with E-state index in [2.05, 4.69) is 5.32 Å². The molecule has 0 spiro atoms. The Hall–Kier alpha value is -1.26. The van der Waals surface area contributed by atoms with Crippen LogP contribution in [0.25, 0.3) is 0 Å². The van der Waals surface area contributed by atoms with E-state index in [-0.39, 0.29) is 0 Å². The van der Waals surface area contributed by atoms with Crippen molar-refractivity contribution in [3.8, 4) is 0 Å². The highest BCUT2D eigenvalue weighted by molar-refractivity contribution is 7.99. The van der Waals surface area contributed by atoms with Gasteiger partial charge in [-0.2, -0.15) is 0 Å². The van der Waals surface area contributed by atoms with Crippen LogP contribution in [0, 0.1) is 11.6 Å². The van der Waals surface area contributed by atoms with E-state index < -0.39 is 53.9 Å². The molecule has 1 aliphatic heterocycles. The van der Waals surface area contributed by atoms with Crippen molar-refractivity contribution in [1.82, 2.24) is 5.32 Å². The second-order valence-corrected chi connectivity index (χ2v) is 6.30. The van der Waals surface area contributed by atoms with Crippen LogP contribution in [-0.4, -0.2) is 57.6 Å². The molecule has 0 aromatic heterocycles. The van der Waals surface area contributed by atoms with Gasteiger partial charge >= 0.3 is 0 Å². The van der Waals surface area contributed by atoms with Crippen molar-refractivity contribution in [3.63, 3.8) is 0 Å². The SMILES string of the molecule is CC(=O)N[C@@H]1[C@@H](O)[C@H](O)[C@@H](CO)O[C@H]1Sc1ccc(F)c(F)c1. The molecule has 0 bridgehead atoms. The second kappa shape index (κ2) is 7.54. The number of rotatable bonds is 4. The lowest BCUT2D eigenvalue weighted by Crippen LogP contribution is -2.63. The van der Waals surface area contributed by atoms with Crippen molar-refractivity contribution < 1.29 is 33.6 Å². The normalized spacial score (nSPS) is 31.0. The van der Waals surface area contributed by atoms with Crippen LogP contribution in [0.2, 0.25) is 0 Å². The lowest BCUT2D eigenvalue weighted by molar-refractivity contribution is -0.173. The Morgan fingerprint density at radius 1 is 1.30 bits per heavy atom. The average Bonchev–Trinajstić information content (AvgIpc) is 2.50. The molecule has 0 saturated carbocycles. The van der Waals surface area contributed by atoms with Gasteiger partial charge in [0.15, 0.2) is 11.6 Å². The Bertz CT molecular complexity index is 576. The summed E-state index contributed by atoms with van der Waals surface area (Å²) in [6.45, 7) is 0.691. The zero-order valence-corrected chi connectivity index (χ0v) is 13.0. The minimum atomic E-state index is -1.39. The minimum absolute atomic E-state index is 0.310. The molecule has 1 heterocycles. The monoisotopic (exact) mass is 349 g/mol. The number of aliphatic hydroxyl groups is 3. The zero-order chi connectivity index (χ0) is 17.1. The third-order valence-electron chi connectivity index (χ3n) is 3.39. The van der Waals surface area contributed by atoms with E-state index in [0.717, 1.165) is 23.9 Å². The highest BCUT2D eigenvalue weighted by Gasteiger charge is 2.45. The van der Waals surface area contributed by atoms with E-state index in [1.807, 2.05) is 0 Å². The van der Waals surface area contributed by atoms with Gasteiger partial charge in [-0.05, 0) is 18.2 Å². The number of carbonyl (C=O) groups is 1. The number of carbonyl (C=O) groups excluding carboxylic acids is 1. The van der Waals surface area contributed by atoms with Gasteiger partial charge in [-0.3, -0.25) is 4.79 Å². The highest BCUT2D eigenvalue weighted by atomic mass is 32.2. The van der Waals surface area contributed by atoms with Gasteiger partial charge in [-0.15, -0.1) is 0 Å². The number of nitrogens with one attached hydrogen (secondary N) is 1. The third-order valence-corrected chi connectivity index (χ3v) is 4.56. The van der Waals surface area contributed by atoms with Gasteiger partial charge in [0.2, 0.25) is 5.91 Å². The summed E-state index contributed by atoms with van der Waals surface area (Å²) in [7, 11) is 0. The van der Waals surface area contributed by atoms with E-state index >= 15 is 0 Å². The number of thioether (sulfide) groups is 1. The molecule has 1 aliphatic rings. The summed E-state index contributed by atoms with van der Waals surface area (Å²) in [6.07, 6.45) is -3.83. The van der Waals surface area contributed by atoms with Gasteiger partial charge < -0.3 is 25.4 Å². The van der Waals surface area contributed by atoms with Crippen LogP contribution >= 0.6 is 11.8 Å². The molecule has 4 N–H and O–H groups in total. The van der Waals surface area contributed by atoms with Crippen LogP contribution in [-0.2, 0) is 9.53 Å². The molecule has 9 heteroatoms. The first-order chi connectivity index (χ1) is 10.8. The number of hydrogen-bond acceptors (Lipinski definition) is 6. The Labute approximate surface area is 135 Å². The van der Waals surface area contributed by atoms with E-state index in [1.165, 1.54) is 13.0 Å². The lowest BCUT2D eigenvalue weighted by Gasteiger charge is -2.42. The number of amides is 1. The summed E-state index contributed by atoms with van der Waals surface area (Å²) in [6, 6.07) is 2.24. The molecule has 128 valence electrons. The van der Waals surface area contributed by atoms with Gasteiger partial charge in [0, 0.05) is 11.8 Å². The molecule has 23 heavy (non-hydrogen) atoms. The second-order valence-electron chi connectivity index (χ2n) is 5.13. The Morgan fingerprint density at radius 3 is 2.57 bits per heavy atom. The predicted octanol–water partition coefficient (Wildman–Crippen LogP) is 0.000600. The summed E-state index contributed by atoms with van der Waals surface area (Å²) in [5, 5.41) is 31.7. The number of aliphatic hydroxyl groups excluding tert-OH is 3. The van der Waals surface area contributed by atoms with Crippen LogP contribution < -0.4 is 5.32 Å². The average molecular weight is 349 g/mol. The number of halogens is 2. The van der Waals surface area contributed by atoms with Crippen LogP contribution in [0.4, 0.5) is 8.78 Å². The molecule has 1 fully saturated rings. The van der Waals surface area contributed by atoms with Crippen molar-refractivity contribution in [2.45, 2.75) is 41.6 Å². The lowest BCUT2D eigenvalue weighted by atomic mass is 9.98. The van der Waals surface area contributed by atoms with E-state index in [0.29, 0.717) is 4.90 Å². The summed E-state index contributed by atoms with van der Waals surface area (Å²) >= 11 is 0.937. The molecule has 0 aliphatic carbocycles. The third kappa shape index (κ3) is 4.18. The highest BCUT2D eigenvalue weighted by Crippen LogP contribution is 2.33. The zero-order valence-electron chi connectivity index (χ0n) is 12.1. The van der Waals surface area contributed by atoms with Crippen LogP contribution in [0.1, 0.15) is 6.92 Å². The van der Waals surface area contributed by atoms with Crippen molar-refractivity contribution in [2.24, 2.45) is 0 Å². The molecule has 1 saturated heterocycles. The Kier molecular flexibility index (Phi) is 5.93. The fourth-order valence-corrected chi connectivity index (χ4v) is 3.42. The predicted molar refractivity (Wildman–Crippen MR) is 77.6 cm³/mol. The molecule has 2 rings (SSSR count). The number of ether oxygens (including phenoxy) is 1.